The van der Waals surface area contributed by atoms with Gasteiger partial charge in [0.2, 0.25) is 0 Å². The predicted molar refractivity (Wildman–Crippen MR) is 255 cm³/mol. The van der Waals surface area contributed by atoms with Gasteiger partial charge in [0.25, 0.3) is 0 Å². The predicted octanol–water partition coefficient (Wildman–Crippen LogP) is 14.8. The van der Waals surface area contributed by atoms with E-state index in [2.05, 4.69) is 222 Å². The Labute approximate surface area is 353 Å². The molecule has 3 heterocycles. The van der Waals surface area contributed by atoms with Gasteiger partial charge in [0.1, 0.15) is 0 Å². The van der Waals surface area contributed by atoms with Crippen LogP contribution in [0.25, 0.3) is 105 Å². The second kappa shape index (κ2) is 13.5. The van der Waals surface area contributed by atoms with Crippen molar-refractivity contribution in [3.05, 3.63) is 211 Å². The average molecular weight is 779 g/mol. The first-order valence-electron chi connectivity index (χ1n) is 20.8. The zero-order chi connectivity index (χ0) is 40.8. The van der Waals surface area contributed by atoms with E-state index in [1.54, 1.807) is 0 Å². The smallest absolute Gasteiger partial charge is 0.0992 e. The fourth-order valence-electron chi connectivity index (χ4n) is 9.75. The maximum Gasteiger partial charge on any atom is 0.0992 e. The molecule has 0 radical (unpaired) electrons. The molecular formula is C57H38N4. The number of nitriles is 1. The van der Waals surface area contributed by atoms with Crippen molar-refractivity contribution in [2.75, 3.05) is 0 Å². The van der Waals surface area contributed by atoms with Crippen molar-refractivity contribution >= 4 is 65.4 Å². The lowest BCUT2D eigenvalue weighted by Gasteiger charge is -2.17. The lowest BCUT2D eigenvalue weighted by atomic mass is 10.0. The third kappa shape index (κ3) is 5.38. The van der Waals surface area contributed by atoms with Gasteiger partial charge in [-0.1, -0.05) is 114 Å². The van der Waals surface area contributed by atoms with Crippen LogP contribution in [0.1, 0.15) is 16.7 Å². The van der Waals surface area contributed by atoms with Gasteiger partial charge in [0.05, 0.1) is 56.1 Å². The molecule has 0 aliphatic rings. The Morgan fingerprint density at radius 3 is 1.38 bits per heavy atom. The Morgan fingerprint density at radius 1 is 0.328 bits per heavy atom. The molecule has 0 N–H and O–H groups in total. The van der Waals surface area contributed by atoms with E-state index < -0.39 is 0 Å². The number of hydrogen-bond donors (Lipinski definition) is 0. The highest BCUT2D eigenvalue weighted by molar-refractivity contribution is 6.14. The molecule has 0 spiro atoms. The number of para-hydroxylation sites is 1. The average Bonchev–Trinajstić information content (AvgIpc) is 3.93. The van der Waals surface area contributed by atoms with Crippen molar-refractivity contribution in [2.24, 2.45) is 0 Å². The van der Waals surface area contributed by atoms with Crippen molar-refractivity contribution in [3.8, 4) is 45.4 Å². The van der Waals surface area contributed by atoms with Crippen LogP contribution < -0.4 is 0 Å². The molecule has 61 heavy (non-hydrogen) atoms. The summed E-state index contributed by atoms with van der Waals surface area (Å²) >= 11 is 0. The molecule has 0 saturated heterocycles. The third-order valence-corrected chi connectivity index (χ3v) is 12.6. The van der Waals surface area contributed by atoms with Gasteiger partial charge in [-0.25, -0.2) is 0 Å². The molecule has 0 bridgehead atoms. The monoisotopic (exact) mass is 778 g/mol. The van der Waals surface area contributed by atoms with Crippen molar-refractivity contribution in [1.29, 1.82) is 5.26 Å². The number of hydrogen-bond acceptors (Lipinski definition) is 1. The Balaban J connectivity index is 1.13. The molecule has 3 aromatic heterocycles. The summed E-state index contributed by atoms with van der Waals surface area (Å²) in [6, 6.07) is 72.5. The maximum atomic E-state index is 10.4. The van der Waals surface area contributed by atoms with E-state index in [0.717, 1.165) is 49.9 Å². The molecule has 0 aliphatic carbocycles. The second-order valence-corrected chi connectivity index (χ2v) is 16.3. The lowest BCUT2D eigenvalue weighted by Crippen LogP contribution is -2.04. The van der Waals surface area contributed by atoms with Gasteiger partial charge >= 0.3 is 0 Å². The molecule has 0 saturated carbocycles. The molecule has 286 valence electrons. The lowest BCUT2D eigenvalue weighted by molar-refractivity contribution is 1.09. The van der Waals surface area contributed by atoms with Crippen LogP contribution in [-0.2, 0) is 0 Å². The Bertz CT molecular complexity index is 3620. The molecule has 12 rings (SSSR count). The van der Waals surface area contributed by atoms with Crippen LogP contribution in [0.3, 0.4) is 0 Å². The van der Waals surface area contributed by atoms with Gasteiger partial charge in [-0.15, -0.1) is 0 Å². The second-order valence-electron chi connectivity index (χ2n) is 16.3. The number of rotatable bonds is 5. The highest BCUT2D eigenvalue weighted by Gasteiger charge is 2.22. The molecule has 0 aliphatic heterocycles. The molecule has 4 heteroatoms. The molecule has 0 amide bonds. The molecule has 0 fully saturated rings. The molecule has 0 unspecified atom stereocenters. The number of benzene rings is 9. The molecule has 12 aromatic rings. The van der Waals surface area contributed by atoms with Gasteiger partial charge in [0.15, 0.2) is 0 Å². The van der Waals surface area contributed by atoms with E-state index in [4.69, 9.17) is 0 Å². The van der Waals surface area contributed by atoms with E-state index in [1.165, 1.54) is 66.0 Å². The van der Waals surface area contributed by atoms with Gasteiger partial charge in [0, 0.05) is 38.0 Å². The van der Waals surface area contributed by atoms with Gasteiger partial charge < -0.3 is 13.7 Å². The largest absolute Gasteiger partial charge is 0.309 e. The molecule has 4 nitrogen and oxygen atoms in total. The van der Waals surface area contributed by atoms with Gasteiger partial charge in [-0.2, -0.15) is 5.26 Å². The normalized spacial score (nSPS) is 11.8. The first kappa shape index (κ1) is 34.9. The standard InChI is InChI=1S/C57H38N4/c1-36-17-23-51-45(29-36)46-30-37(2)18-24-52(46)59(51)43-22-28-55-49(34-43)44-15-9-10-16-50(44)61(55)57-31-38(35-58)19-25-56(57)60-53-26-20-41(39-11-5-3-6-12-39)32-47(53)48-33-42(21-27-54(48)60)40-13-7-4-8-14-40/h3-34H,1-2H3. The number of nitrogens with zero attached hydrogens (tertiary/aromatic N) is 4. The third-order valence-electron chi connectivity index (χ3n) is 12.6. The van der Waals surface area contributed by atoms with E-state index in [1.807, 2.05) is 6.07 Å². The van der Waals surface area contributed by atoms with Crippen molar-refractivity contribution < 1.29 is 0 Å². The molecule has 0 atom stereocenters. The van der Waals surface area contributed by atoms with Crippen molar-refractivity contribution in [1.82, 2.24) is 13.7 Å². The first-order valence-corrected chi connectivity index (χ1v) is 20.8. The Kier molecular flexibility index (Phi) is 7.69. The van der Waals surface area contributed by atoms with Crippen LogP contribution in [0.4, 0.5) is 0 Å². The fraction of sp³-hybridized carbons (Fsp3) is 0.0351. The summed E-state index contributed by atoms with van der Waals surface area (Å²) in [5.74, 6) is 0. The van der Waals surface area contributed by atoms with Crippen LogP contribution in [0.2, 0.25) is 0 Å². The summed E-state index contributed by atoms with van der Waals surface area (Å²) in [6.45, 7) is 4.33. The summed E-state index contributed by atoms with van der Waals surface area (Å²) in [5, 5.41) is 17.6. The highest BCUT2D eigenvalue weighted by Crippen LogP contribution is 2.42. The Hall–Kier alpha value is -8.13. The number of fused-ring (bicyclic) bond motifs is 9. The molecular weight excluding hydrogens is 741 g/mol. The SMILES string of the molecule is Cc1ccc2c(c1)c1cc(C)ccc1n2-c1ccc2c(c1)c1ccccc1n2-c1cc(C#N)ccc1-n1c2ccc(-c3ccccc3)cc2c2cc(-c3ccccc3)ccc21. The zero-order valence-electron chi connectivity index (χ0n) is 33.8. The van der Waals surface area contributed by atoms with E-state index >= 15 is 0 Å². The van der Waals surface area contributed by atoms with Crippen molar-refractivity contribution in [3.63, 3.8) is 0 Å². The first-order chi connectivity index (χ1) is 30.0. The van der Waals surface area contributed by atoms with Crippen LogP contribution in [-0.4, -0.2) is 13.7 Å². The summed E-state index contributed by atoms with van der Waals surface area (Å²) in [5.41, 5.74) is 17.6. The number of aromatic nitrogens is 3. The van der Waals surface area contributed by atoms with Crippen LogP contribution in [0.15, 0.2) is 194 Å². The zero-order valence-corrected chi connectivity index (χ0v) is 33.8. The van der Waals surface area contributed by atoms with Gasteiger partial charge in [-0.3, -0.25) is 0 Å². The fourth-order valence-corrected chi connectivity index (χ4v) is 9.75. The van der Waals surface area contributed by atoms with Crippen molar-refractivity contribution in [2.45, 2.75) is 13.8 Å². The maximum absolute atomic E-state index is 10.4. The van der Waals surface area contributed by atoms with Crippen LogP contribution in [0, 0.1) is 25.2 Å². The molecule has 9 aromatic carbocycles. The minimum Gasteiger partial charge on any atom is -0.309 e. The minimum absolute atomic E-state index is 0.607. The van der Waals surface area contributed by atoms with E-state index in [-0.39, 0.29) is 0 Å². The minimum atomic E-state index is 0.607. The number of aryl methyl sites for hydroxylation is 2. The van der Waals surface area contributed by atoms with Crippen LogP contribution in [0.5, 0.6) is 0 Å². The van der Waals surface area contributed by atoms with E-state index in [9.17, 15) is 5.26 Å². The summed E-state index contributed by atoms with van der Waals surface area (Å²) in [7, 11) is 0. The highest BCUT2D eigenvalue weighted by atomic mass is 15.1. The van der Waals surface area contributed by atoms with Crippen LogP contribution >= 0.6 is 0 Å². The summed E-state index contributed by atoms with van der Waals surface area (Å²) in [4.78, 5) is 0. The Morgan fingerprint density at radius 2 is 0.787 bits per heavy atom. The summed E-state index contributed by atoms with van der Waals surface area (Å²) in [6.07, 6.45) is 0. The topological polar surface area (TPSA) is 38.6 Å². The van der Waals surface area contributed by atoms with E-state index in [0.29, 0.717) is 5.56 Å². The summed E-state index contributed by atoms with van der Waals surface area (Å²) < 4.78 is 7.15. The quantitative estimate of drug-likeness (QED) is 0.171. The van der Waals surface area contributed by atoms with Gasteiger partial charge in [-0.05, 0) is 127 Å².